The molecular weight excluding hydrogens is 274 g/mol. The quantitative estimate of drug-likeness (QED) is 0.633. The summed E-state index contributed by atoms with van der Waals surface area (Å²) in [4.78, 5) is 24.8. The predicted molar refractivity (Wildman–Crippen MR) is 78.4 cm³/mol. The molecule has 7 nitrogen and oxygen atoms in total. The number of nitrogens with zero attached hydrogens (tertiary/aromatic N) is 2. The van der Waals surface area contributed by atoms with Crippen LogP contribution in [0.25, 0.3) is 0 Å². The highest BCUT2D eigenvalue weighted by molar-refractivity contribution is 6.01. The molecule has 7 heteroatoms. The summed E-state index contributed by atoms with van der Waals surface area (Å²) in [7, 11) is 1.57. The largest absolute Gasteiger partial charge is 0.396 e. The minimum atomic E-state index is -0.499. The summed E-state index contributed by atoms with van der Waals surface area (Å²) in [5.41, 5.74) is 0.462. The van der Waals surface area contributed by atoms with Crippen LogP contribution in [0, 0.1) is 16.0 Å². The summed E-state index contributed by atoms with van der Waals surface area (Å²) in [6.07, 6.45) is 1.54. The lowest BCUT2D eigenvalue weighted by atomic mass is 10.1. The Kier molecular flexibility index (Phi) is 4.74. The molecule has 2 rings (SSSR count). The van der Waals surface area contributed by atoms with Crippen LogP contribution in [0.2, 0.25) is 0 Å². The second-order valence-corrected chi connectivity index (χ2v) is 5.12. The third-order valence-electron chi connectivity index (χ3n) is 3.83. The van der Waals surface area contributed by atoms with Crippen molar-refractivity contribution >= 4 is 17.3 Å². The van der Waals surface area contributed by atoms with Crippen molar-refractivity contribution in [3.05, 3.63) is 33.9 Å². The van der Waals surface area contributed by atoms with Crippen molar-refractivity contribution < 1.29 is 14.8 Å². The van der Waals surface area contributed by atoms with Gasteiger partial charge < -0.3 is 15.3 Å². The van der Waals surface area contributed by atoms with Crippen molar-refractivity contribution in [3.63, 3.8) is 0 Å². The Morgan fingerprint density at radius 1 is 1.57 bits per heavy atom. The number of carbonyl (C=O) groups excluding carboxylic acids is 1. The molecule has 0 aliphatic carbocycles. The number of likely N-dealkylation sites (tertiary alicyclic amines) is 1. The molecule has 0 aromatic heterocycles. The molecule has 1 aromatic carbocycles. The lowest BCUT2D eigenvalue weighted by molar-refractivity contribution is -0.384. The first-order valence-corrected chi connectivity index (χ1v) is 6.93. The molecule has 0 radical (unpaired) electrons. The minimum Gasteiger partial charge on any atom is -0.396 e. The number of aliphatic hydroxyl groups excluding tert-OH is 1. The Balaban J connectivity index is 2.24. The first-order valence-electron chi connectivity index (χ1n) is 6.93. The number of nitrogens with one attached hydrogen (secondary N) is 1. The van der Waals surface area contributed by atoms with Crippen molar-refractivity contribution in [1.29, 1.82) is 0 Å². The van der Waals surface area contributed by atoms with Crippen LogP contribution in [0.4, 0.5) is 11.4 Å². The zero-order valence-corrected chi connectivity index (χ0v) is 11.9. The highest BCUT2D eigenvalue weighted by atomic mass is 16.6. The molecule has 0 saturated carbocycles. The molecule has 1 aromatic rings. The number of para-hydroxylation sites is 1. The van der Waals surface area contributed by atoms with E-state index in [2.05, 4.69) is 5.32 Å². The van der Waals surface area contributed by atoms with Crippen LogP contribution in [0.15, 0.2) is 18.2 Å². The summed E-state index contributed by atoms with van der Waals surface area (Å²) in [6.45, 7) is 1.33. The summed E-state index contributed by atoms with van der Waals surface area (Å²) in [5, 5.41) is 22.7. The number of nitro benzene ring substituents is 1. The molecule has 114 valence electrons. The Morgan fingerprint density at radius 2 is 2.33 bits per heavy atom. The molecule has 0 bridgehead atoms. The molecule has 1 aliphatic rings. The van der Waals surface area contributed by atoms with Gasteiger partial charge >= 0.3 is 0 Å². The summed E-state index contributed by atoms with van der Waals surface area (Å²) >= 11 is 0. The van der Waals surface area contributed by atoms with Crippen LogP contribution >= 0.6 is 0 Å². The van der Waals surface area contributed by atoms with Gasteiger partial charge in [0.05, 0.1) is 10.5 Å². The number of nitro groups is 1. The van der Waals surface area contributed by atoms with Crippen LogP contribution in [0.3, 0.4) is 0 Å². The van der Waals surface area contributed by atoms with Gasteiger partial charge in [-0.3, -0.25) is 14.9 Å². The molecular formula is C14H19N3O4. The predicted octanol–water partition coefficient (Wildman–Crippen LogP) is 1.48. The van der Waals surface area contributed by atoms with Gasteiger partial charge in [0.15, 0.2) is 0 Å². The Labute approximate surface area is 122 Å². The van der Waals surface area contributed by atoms with Crippen molar-refractivity contribution in [2.75, 3.05) is 32.1 Å². The maximum atomic E-state index is 12.6. The third kappa shape index (κ3) is 3.13. The fourth-order valence-corrected chi connectivity index (χ4v) is 2.74. The van der Waals surface area contributed by atoms with Gasteiger partial charge in [-0.15, -0.1) is 0 Å². The molecule has 1 amide bonds. The van der Waals surface area contributed by atoms with Gasteiger partial charge in [-0.1, -0.05) is 6.07 Å². The van der Waals surface area contributed by atoms with Gasteiger partial charge in [-0.05, 0) is 24.8 Å². The first-order chi connectivity index (χ1) is 10.1. The molecule has 1 unspecified atom stereocenters. The van der Waals surface area contributed by atoms with E-state index in [-0.39, 0.29) is 23.9 Å². The van der Waals surface area contributed by atoms with Gasteiger partial charge in [0.2, 0.25) is 0 Å². The van der Waals surface area contributed by atoms with E-state index in [1.807, 2.05) is 0 Å². The zero-order valence-electron chi connectivity index (χ0n) is 11.9. The fraction of sp³-hybridized carbons (Fsp3) is 0.500. The topological polar surface area (TPSA) is 95.7 Å². The molecule has 0 spiro atoms. The standard InChI is InChI=1S/C14H19N3O4/c1-15-13-11(3-2-4-12(13)17(20)21)14(19)16-7-5-10(9-16)6-8-18/h2-4,10,15,18H,5-9H2,1H3. The van der Waals surface area contributed by atoms with E-state index in [1.165, 1.54) is 12.1 Å². The molecule has 21 heavy (non-hydrogen) atoms. The number of hydrogen-bond acceptors (Lipinski definition) is 5. The molecule has 1 saturated heterocycles. The number of aliphatic hydroxyl groups is 1. The van der Waals surface area contributed by atoms with Crippen LogP contribution in [-0.4, -0.2) is 47.6 Å². The number of rotatable bonds is 5. The van der Waals surface area contributed by atoms with Crippen LogP contribution < -0.4 is 5.32 Å². The zero-order chi connectivity index (χ0) is 15.4. The second-order valence-electron chi connectivity index (χ2n) is 5.12. The lowest BCUT2D eigenvalue weighted by Gasteiger charge is -2.18. The molecule has 2 N–H and O–H groups in total. The second kappa shape index (κ2) is 6.53. The first kappa shape index (κ1) is 15.2. The van der Waals surface area contributed by atoms with E-state index >= 15 is 0 Å². The number of hydrogen-bond donors (Lipinski definition) is 2. The Bertz CT molecular complexity index is 547. The van der Waals surface area contributed by atoms with Crippen LogP contribution in [-0.2, 0) is 0 Å². The van der Waals surface area contributed by atoms with Gasteiger partial charge in [-0.2, -0.15) is 0 Å². The lowest BCUT2D eigenvalue weighted by Crippen LogP contribution is -2.29. The Morgan fingerprint density at radius 3 is 2.95 bits per heavy atom. The highest BCUT2D eigenvalue weighted by Gasteiger charge is 2.29. The number of carbonyl (C=O) groups is 1. The van der Waals surface area contributed by atoms with E-state index in [4.69, 9.17) is 5.11 Å². The fourth-order valence-electron chi connectivity index (χ4n) is 2.74. The molecule has 1 aliphatic heterocycles. The van der Waals surface area contributed by atoms with Crippen molar-refractivity contribution in [2.45, 2.75) is 12.8 Å². The van der Waals surface area contributed by atoms with Crippen molar-refractivity contribution in [3.8, 4) is 0 Å². The van der Waals surface area contributed by atoms with Gasteiger partial charge in [0.25, 0.3) is 11.6 Å². The van der Waals surface area contributed by atoms with Gasteiger partial charge in [-0.25, -0.2) is 0 Å². The third-order valence-corrected chi connectivity index (χ3v) is 3.83. The Hall–Kier alpha value is -2.15. The minimum absolute atomic E-state index is 0.102. The molecule has 1 heterocycles. The number of amides is 1. The van der Waals surface area contributed by atoms with Crippen molar-refractivity contribution in [2.24, 2.45) is 5.92 Å². The van der Waals surface area contributed by atoms with Gasteiger partial charge in [0, 0.05) is 32.8 Å². The summed E-state index contributed by atoms with van der Waals surface area (Å²) < 4.78 is 0. The van der Waals surface area contributed by atoms with Gasteiger partial charge in [0.1, 0.15) is 5.69 Å². The molecule has 1 fully saturated rings. The SMILES string of the molecule is CNc1c(C(=O)N2CCC(CCO)C2)cccc1[N+](=O)[O-]. The van der Waals surface area contributed by atoms with E-state index in [1.54, 1.807) is 18.0 Å². The average Bonchev–Trinajstić information content (AvgIpc) is 2.94. The smallest absolute Gasteiger partial charge is 0.293 e. The molecule has 1 atom stereocenters. The van der Waals surface area contributed by atoms with E-state index in [0.29, 0.717) is 31.0 Å². The maximum Gasteiger partial charge on any atom is 0.293 e. The normalized spacial score (nSPS) is 17.8. The highest BCUT2D eigenvalue weighted by Crippen LogP contribution is 2.30. The van der Waals surface area contributed by atoms with Crippen LogP contribution in [0.5, 0.6) is 0 Å². The number of benzene rings is 1. The van der Waals surface area contributed by atoms with E-state index in [9.17, 15) is 14.9 Å². The van der Waals surface area contributed by atoms with Crippen molar-refractivity contribution in [1.82, 2.24) is 4.90 Å². The van der Waals surface area contributed by atoms with Crippen LogP contribution in [0.1, 0.15) is 23.2 Å². The monoisotopic (exact) mass is 293 g/mol. The summed E-state index contributed by atoms with van der Waals surface area (Å²) in [5.74, 6) is 0.0965. The van der Waals surface area contributed by atoms with E-state index in [0.717, 1.165) is 6.42 Å². The van der Waals surface area contributed by atoms with E-state index < -0.39 is 4.92 Å². The number of anilines is 1. The maximum absolute atomic E-state index is 12.6. The summed E-state index contributed by atoms with van der Waals surface area (Å²) in [6, 6.07) is 4.50. The average molecular weight is 293 g/mol.